The van der Waals surface area contributed by atoms with Crippen LogP contribution in [0.4, 0.5) is 10.5 Å². The van der Waals surface area contributed by atoms with Crippen LogP contribution in [0.25, 0.3) is 0 Å². The second-order valence-electron chi connectivity index (χ2n) is 3.22. The van der Waals surface area contributed by atoms with E-state index in [1.807, 2.05) is 12.1 Å². The van der Waals surface area contributed by atoms with Crippen LogP contribution < -0.4 is 10.2 Å². The van der Waals surface area contributed by atoms with Gasteiger partial charge in [-0.25, -0.2) is 9.69 Å². The maximum absolute atomic E-state index is 11.7. The number of nitrogens with one attached hydrogen (secondary N) is 1. The molecule has 1 aromatic carbocycles. The van der Waals surface area contributed by atoms with Gasteiger partial charge in [0.1, 0.15) is 0 Å². The zero-order chi connectivity index (χ0) is 11.7. The summed E-state index contributed by atoms with van der Waals surface area (Å²) in [6.45, 7) is 0. The first-order chi connectivity index (χ1) is 7.63. The van der Waals surface area contributed by atoms with Crippen LogP contribution >= 0.6 is 22.6 Å². The Balaban J connectivity index is 2.31. The molecule has 1 saturated heterocycles. The summed E-state index contributed by atoms with van der Waals surface area (Å²) in [5, 5.41) is 2.43. The first kappa shape index (κ1) is 11.3. The molecule has 5 nitrogen and oxygen atoms in total. The highest BCUT2D eigenvalue weighted by atomic mass is 127. The van der Waals surface area contributed by atoms with Crippen molar-refractivity contribution in [3.63, 3.8) is 0 Å². The number of hydrogen-bond acceptors (Lipinski definition) is 3. The third-order valence-corrected chi connectivity index (χ3v) is 2.94. The summed E-state index contributed by atoms with van der Waals surface area (Å²) in [5.74, 6) is -0.395. The number of amides is 3. The number of ether oxygens (including phenoxy) is 1. The highest BCUT2D eigenvalue weighted by Crippen LogP contribution is 2.20. The number of urea groups is 1. The minimum atomic E-state index is -0.883. The van der Waals surface area contributed by atoms with Gasteiger partial charge < -0.3 is 10.1 Å². The van der Waals surface area contributed by atoms with E-state index in [-0.39, 0.29) is 0 Å². The van der Waals surface area contributed by atoms with Crippen LogP contribution in [0.3, 0.4) is 0 Å². The maximum atomic E-state index is 11.7. The van der Waals surface area contributed by atoms with Gasteiger partial charge >= 0.3 is 6.03 Å². The van der Waals surface area contributed by atoms with Gasteiger partial charge in [-0.15, -0.1) is 0 Å². The van der Waals surface area contributed by atoms with Gasteiger partial charge in [0, 0.05) is 10.7 Å². The Morgan fingerprint density at radius 1 is 1.31 bits per heavy atom. The Labute approximate surface area is 106 Å². The van der Waals surface area contributed by atoms with E-state index in [0.717, 1.165) is 8.47 Å². The zero-order valence-electron chi connectivity index (χ0n) is 8.44. The van der Waals surface area contributed by atoms with E-state index in [4.69, 9.17) is 4.74 Å². The Hall–Kier alpha value is -1.15. The van der Waals surface area contributed by atoms with Gasteiger partial charge in [0.05, 0.1) is 5.69 Å². The SMILES string of the molecule is COC1NC(=O)N(c2ccc(I)cc2)C1=O. The number of methoxy groups -OCH3 is 1. The van der Waals surface area contributed by atoms with Crippen LogP contribution in [0.2, 0.25) is 0 Å². The molecule has 16 heavy (non-hydrogen) atoms. The minimum absolute atomic E-state index is 0.395. The molecule has 6 heteroatoms. The Kier molecular flexibility index (Phi) is 3.10. The fourth-order valence-corrected chi connectivity index (χ4v) is 1.81. The third kappa shape index (κ3) is 1.90. The monoisotopic (exact) mass is 332 g/mol. The number of carbonyl (C=O) groups excluding carboxylic acids is 2. The van der Waals surface area contributed by atoms with Gasteiger partial charge in [0.2, 0.25) is 6.23 Å². The molecule has 84 valence electrons. The number of rotatable bonds is 2. The number of benzene rings is 1. The summed E-state index contributed by atoms with van der Waals surface area (Å²) in [5.41, 5.74) is 0.544. The highest BCUT2D eigenvalue weighted by molar-refractivity contribution is 14.1. The van der Waals surface area contributed by atoms with Gasteiger partial charge in [0.25, 0.3) is 5.91 Å². The Morgan fingerprint density at radius 2 is 1.94 bits per heavy atom. The lowest BCUT2D eigenvalue weighted by Crippen LogP contribution is -2.32. The lowest BCUT2D eigenvalue weighted by molar-refractivity contribution is -0.126. The van der Waals surface area contributed by atoms with Gasteiger partial charge in [-0.2, -0.15) is 0 Å². The molecule has 1 aliphatic heterocycles. The van der Waals surface area contributed by atoms with E-state index in [1.54, 1.807) is 12.1 Å². The largest absolute Gasteiger partial charge is 0.353 e. The standard InChI is InChI=1S/C10H9IN2O3/c1-16-8-9(14)13(10(15)12-8)7-4-2-6(11)3-5-7/h2-5,8H,1H3,(H,12,15). The fraction of sp³-hybridized carbons (Fsp3) is 0.200. The summed E-state index contributed by atoms with van der Waals surface area (Å²) in [4.78, 5) is 24.4. The number of carbonyl (C=O) groups is 2. The molecule has 1 N–H and O–H groups in total. The molecule has 0 spiro atoms. The van der Waals surface area contributed by atoms with Crippen LogP contribution in [-0.4, -0.2) is 25.3 Å². The molecule has 0 radical (unpaired) electrons. The zero-order valence-corrected chi connectivity index (χ0v) is 10.6. The molecule has 1 aromatic rings. The van der Waals surface area contributed by atoms with Crippen molar-refractivity contribution in [3.8, 4) is 0 Å². The molecule has 0 aromatic heterocycles. The summed E-state index contributed by atoms with van der Waals surface area (Å²) in [6.07, 6.45) is -0.883. The summed E-state index contributed by atoms with van der Waals surface area (Å²) in [7, 11) is 1.38. The van der Waals surface area contributed by atoms with E-state index in [0.29, 0.717) is 5.69 Å². The van der Waals surface area contributed by atoms with E-state index in [9.17, 15) is 9.59 Å². The lowest BCUT2D eigenvalue weighted by atomic mass is 10.3. The lowest BCUT2D eigenvalue weighted by Gasteiger charge is -2.12. The van der Waals surface area contributed by atoms with Gasteiger partial charge in [0.15, 0.2) is 0 Å². The molecular weight excluding hydrogens is 323 g/mol. The van der Waals surface area contributed by atoms with Gasteiger partial charge in [-0.3, -0.25) is 4.79 Å². The van der Waals surface area contributed by atoms with Crippen LogP contribution in [0.1, 0.15) is 0 Å². The summed E-state index contributed by atoms with van der Waals surface area (Å²) in [6, 6.07) is 6.64. The van der Waals surface area contributed by atoms with Crippen molar-refractivity contribution in [1.29, 1.82) is 0 Å². The molecule has 0 aliphatic carbocycles. The van der Waals surface area contributed by atoms with Crippen molar-refractivity contribution in [2.24, 2.45) is 0 Å². The maximum Gasteiger partial charge on any atom is 0.331 e. The van der Waals surface area contributed by atoms with E-state index < -0.39 is 18.2 Å². The number of halogens is 1. The second kappa shape index (κ2) is 4.38. The third-order valence-electron chi connectivity index (χ3n) is 2.22. The van der Waals surface area contributed by atoms with Crippen molar-refractivity contribution < 1.29 is 14.3 Å². The topological polar surface area (TPSA) is 58.6 Å². The average Bonchev–Trinajstić information content (AvgIpc) is 2.56. The van der Waals surface area contributed by atoms with Crippen molar-refractivity contribution in [2.45, 2.75) is 6.23 Å². The van der Waals surface area contributed by atoms with Gasteiger partial charge in [-0.05, 0) is 46.9 Å². The minimum Gasteiger partial charge on any atom is -0.353 e. The number of nitrogens with zero attached hydrogens (tertiary/aromatic N) is 1. The molecular formula is C10H9IN2O3. The van der Waals surface area contributed by atoms with Crippen molar-refractivity contribution in [3.05, 3.63) is 27.8 Å². The number of anilines is 1. The Bertz CT molecular complexity index is 432. The molecule has 1 aliphatic rings. The van der Waals surface area contributed by atoms with Gasteiger partial charge in [-0.1, -0.05) is 0 Å². The molecule has 2 rings (SSSR count). The molecule has 1 unspecified atom stereocenters. The first-order valence-corrected chi connectivity index (χ1v) is 5.64. The molecule has 1 atom stereocenters. The molecule has 1 heterocycles. The fourth-order valence-electron chi connectivity index (χ4n) is 1.45. The van der Waals surface area contributed by atoms with Crippen molar-refractivity contribution in [1.82, 2.24) is 5.32 Å². The Morgan fingerprint density at radius 3 is 2.44 bits per heavy atom. The normalized spacial score (nSPS) is 20.1. The van der Waals surface area contributed by atoms with E-state index in [2.05, 4.69) is 27.9 Å². The van der Waals surface area contributed by atoms with Crippen LogP contribution in [-0.2, 0) is 9.53 Å². The quantitative estimate of drug-likeness (QED) is 0.656. The van der Waals surface area contributed by atoms with Crippen LogP contribution in [0, 0.1) is 3.57 Å². The molecule has 0 bridgehead atoms. The molecule has 1 fully saturated rings. The van der Waals surface area contributed by atoms with E-state index >= 15 is 0 Å². The van der Waals surface area contributed by atoms with Crippen LogP contribution in [0.5, 0.6) is 0 Å². The summed E-state index contributed by atoms with van der Waals surface area (Å²) < 4.78 is 5.88. The van der Waals surface area contributed by atoms with Crippen molar-refractivity contribution in [2.75, 3.05) is 12.0 Å². The number of imide groups is 1. The number of hydrogen-bond donors (Lipinski definition) is 1. The molecule has 0 saturated carbocycles. The smallest absolute Gasteiger partial charge is 0.331 e. The highest BCUT2D eigenvalue weighted by Gasteiger charge is 2.39. The average molecular weight is 332 g/mol. The summed E-state index contributed by atoms with van der Waals surface area (Å²) >= 11 is 2.15. The molecule has 3 amide bonds. The first-order valence-electron chi connectivity index (χ1n) is 4.56. The van der Waals surface area contributed by atoms with Crippen LogP contribution in [0.15, 0.2) is 24.3 Å². The predicted octanol–water partition coefficient (Wildman–Crippen LogP) is 1.32. The van der Waals surface area contributed by atoms with E-state index in [1.165, 1.54) is 7.11 Å². The van der Waals surface area contributed by atoms with Crippen molar-refractivity contribution >= 4 is 40.2 Å². The second-order valence-corrected chi connectivity index (χ2v) is 4.46. The predicted molar refractivity (Wildman–Crippen MR) is 66.0 cm³/mol.